The lowest BCUT2D eigenvalue weighted by Gasteiger charge is -2.07. The summed E-state index contributed by atoms with van der Waals surface area (Å²) in [6, 6.07) is 14.2. The average Bonchev–Trinajstić information content (AvgIpc) is 2.40. The van der Waals surface area contributed by atoms with E-state index in [9.17, 15) is 4.39 Å². The molecule has 0 amide bonds. The van der Waals surface area contributed by atoms with Crippen LogP contribution in [-0.2, 0) is 0 Å². The van der Waals surface area contributed by atoms with Gasteiger partial charge in [0, 0.05) is 17.1 Å². The van der Waals surface area contributed by atoms with Crippen molar-refractivity contribution in [3.05, 3.63) is 60.7 Å². The molecule has 3 aromatic rings. The van der Waals surface area contributed by atoms with E-state index in [2.05, 4.69) is 15.3 Å². The van der Waals surface area contributed by atoms with Gasteiger partial charge in [-0.3, -0.25) is 0 Å². The van der Waals surface area contributed by atoms with Crippen molar-refractivity contribution in [2.75, 3.05) is 5.32 Å². The highest BCUT2D eigenvalue weighted by molar-refractivity contribution is 5.90. The summed E-state index contributed by atoms with van der Waals surface area (Å²) >= 11 is 0. The molecule has 0 spiro atoms. The number of nitrogens with zero attached hydrogens (tertiary/aromatic N) is 2. The van der Waals surface area contributed by atoms with Gasteiger partial charge in [0.05, 0.1) is 5.52 Å². The van der Waals surface area contributed by atoms with Crippen LogP contribution < -0.4 is 5.32 Å². The molecule has 0 fully saturated rings. The minimum atomic E-state index is -0.299. The van der Waals surface area contributed by atoms with E-state index in [0.717, 1.165) is 11.1 Å². The maximum Gasteiger partial charge on any atom is 0.141 e. The number of nitrogens with one attached hydrogen (secondary N) is 1. The molecule has 88 valence electrons. The van der Waals surface area contributed by atoms with Gasteiger partial charge in [-0.1, -0.05) is 18.2 Å². The summed E-state index contributed by atoms with van der Waals surface area (Å²) in [7, 11) is 0. The van der Waals surface area contributed by atoms with Gasteiger partial charge in [-0.15, -0.1) is 0 Å². The first-order valence-corrected chi connectivity index (χ1v) is 5.55. The molecule has 4 heteroatoms. The van der Waals surface area contributed by atoms with Crippen LogP contribution in [0, 0.1) is 5.82 Å². The molecule has 0 aliphatic heterocycles. The van der Waals surface area contributed by atoms with Crippen molar-refractivity contribution in [1.82, 2.24) is 9.97 Å². The fourth-order valence-corrected chi connectivity index (χ4v) is 1.79. The summed E-state index contributed by atoms with van der Waals surface area (Å²) in [5, 5.41) is 3.99. The lowest BCUT2D eigenvalue weighted by Crippen LogP contribution is -1.95. The summed E-state index contributed by atoms with van der Waals surface area (Å²) in [5.41, 5.74) is 1.52. The molecule has 0 bridgehead atoms. The van der Waals surface area contributed by atoms with Gasteiger partial charge >= 0.3 is 0 Å². The number of anilines is 2. The monoisotopic (exact) mass is 239 g/mol. The molecule has 0 saturated carbocycles. The van der Waals surface area contributed by atoms with Crippen LogP contribution in [0.5, 0.6) is 0 Å². The number of para-hydroxylation sites is 1. The molecule has 3 rings (SSSR count). The quantitative estimate of drug-likeness (QED) is 0.743. The van der Waals surface area contributed by atoms with Crippen LogP contribution in [0.3, 0.4) is 0 Å². The Labute approximate surface area is 103 Å². The minimum absolute atomic E-state index is 0.299. The topological polar surface area (TPSA) is 37.8 Å². The van der Waals surface area contributed by atoms with Crippen molar-refractivity contribution in [1.29, 1.82) is 0 Å². The molecular formula is C14H10FN3. The van der Waals surface area contributed by atoms with Crippen LogP contribution in [-0.4, -0.2) is 9.97 Å². The fraction of sp³-hybridized carbons (Fsp3) is 0. The first-order valence-electron chi connectivity index (χ1n) is 5.55. The molecule has 0 saturated heterocycles. The molecule has 0 atom stereocenters. The summed E-state index contributed by atoms with van der Waals surface area (Å²) in [6.45, 7) is 0. The molecule has 0 aliphatic rings. The summed E-state index contributed by atoms with van der Waals surface area (Å²) in [5.74, 6) is 0.373. The van der Waals surface area contributed by atoms with E-state index in [1.807, 2.05) is 30.3 Å². The minimum Gasteiger partial charge on any atom is -0.340 e. The number of halogens is 1. The van der Waals surface area contributed by atoms with Gasteiger partial charge in [0.15, 0.2) is 0 Å². The van der Waals surface area contributed by atoms with Crippen molar-refractivity contribution in [2.45, 2.75) is 0 Å². The lowest BCUT2D eigenvalue weighted by molar-refractivity contribution is 0.629. The van der Waals surface area contributed by atoms with Crippen molar-refractivity contribution in [3.63, 3.8) is 0 Å². The third-order valence-corrected chi connectivity index (χ3v) is 2.64. The van der Waals surface area contributed by atoms with E-state index in [1.165, 1.54) is 18.5 Å². The van der Waals surface area contributed by atoms with Gasteiger partial charge in [0.2, 0.25) is 0 Å². The number of aromatic nitrogens is 2. The lowest BCUT2D eigenvalue weighted by atomic mass is 10.2. The fourth-order valence-electron chi connectivity index (χ4n) is 1.79. The largest absolute Gasteiger partial charge is 0.340 e. The predicted octanol–water partition coefficient (Wildman–Crippen LogP) is 3.51. The van der Waals surface area contributed by atoms with Gasteiger partial charge in [-0.25, -0.2) is 14.4 Å². The molecule has 0 radical (unpaired) electrons. The zero-order valence-corrected chi connectivity index (χ0v) is 9.47. The molecule has 2 aromatic carbocycles. The Hall–Kier alpha value is -2.49. The van der Waals surface area contributed by atoms with Gasteiger partial charge < -0.3 is 5.32 Å². The van der Waals surface area contributed by atoms with Crippen molar-refractivity contribution < 1.29 is 4.39 Å². The number of hydrogen-bond donors (Lipinski definition) is 1. The second-order valence-corrected chi connectivity index (χ2v) is 3.87. The Bertz CT molecular complexity index is 683. The van der Waals surface area contributed by atoms with Gasteiger partial charge in [-0.05, 0) is 24.3 Å². The Morgan fingerprint density at radius 2 is 1.78 bits per heavy atom. The summed E-state index contributed by atoms with van der Waals surface area (Å²) in [6.07, 6.45) is 1.42. The van der Waals surface area contributed by atoms with E-state index in [1.54, 1.807) is 6.07 Å². The van der Waals surface area contributed by atoms with E-state index in [0.29, 0.717) is 11.3 Å². The molecule has 0 unspecified atom stereocenters. The Balaban J connectivity index is 2.07. The highest BCUT2D eigenvalue weighted by atomic mass is 19.1. The van der Waals surface area contributed by atoms with Crippen molar-refractivity contribution >= 4 is 22.4 Å². The molecule has 1 heterocycles. The summed E-state index contributed by atoms with van der Waals surface area (Å²) in [4.78, 5) is 8.24. The highest BCUT2D eigenvalue weighted by Gasteiger charge is 2.04. The molecule has 0 aliphatic carbocycles. The molecule has 1 N–H and O–H groups in total. The third-order valence-electron chi connectivity index (χ3n) is 2.64. The Morgan fingerprint density at radius 3 is 2.61 bits per heavy atom. The second kappa shape index (κ2) is 4.41. The number of fused-ring (bicyclic) bond motifs is 1. The molecular weight excluding hydrogens is 229 g/mol. The van der Waals surface area contributed by atoms with Crippen LogP contribution in [0.2, 0.25) is 0 Å². The highest BCUT2D eigenvalue weighted by Crippen LogP contribution is 2.23. The van der Waals surface area contributed by atoms with Gasteiger partial charge in [-0.2, -0.15) is 0 Å². The number of hydrogen-bond acceptors (Lipinski definition) is 3. The van der Waals surface area contributed by atoms with Crippen LogP contribution >= 0.6 is 0 Å². The van der Waals surface area contributed by atoms with E-state index < -0.39 is 0 Å². The second-order valence-electron chi connectivity index (χ2n) is 3.87. The SMILES string of the molecule is Fc1ccc2c(Nc3ccccc3)ncnc2c1. The van der Waals surface area contributed by atoms with Crippen molar-refractivity contribution in [3.8, 4) is 0 Å². The average molecular weight is 239 g/mol. The van der Waals surface area contributed by atoms with Crippen LogP contribution in [0.4, 0.5) is 15.9 Å². The van der Waals surface area contributed by atoms with Crippen LogP contribution in [0.1, 0.15) is 0 Å². The molecule has 3 nitrogen and oxygen atoms in total. The van der Waals surface area contributed by atoms with E-state index in [-0.39, 0.29) is 5.82 Å². The Kier molecular flexibility index (Phi) is 2.61. The standard InChI is InChI=1S/C14H10FN3/c15-10-6-7-12-13(8-10)16-9-17-14(12)18-11-4-2-1-3-5-11/h1-9H,(H,16,17,18). The maximum atomic E-state index is 13.1. The molecule has 1 aromatic heterocycles. The zero-order chi connectivity index (χ0) is 12.4. The van der Waals surface area contributed by atoms with Gasteiger partial charge in [0.25, 0.3) is 0 Å². The Morgan fingerprint density at radius 1 is 0.944 bits per heavy atom. The third kappa shape index (κ3) is 2.00. The number of benzene rings is 2. The first-order chi connectivity index (χ1) is 8.83. The zero-order valence-electron chi connectivity index (χ0n) is 9.47. The smallest absolute Gasteiger partial charge is 0.141 e. The van der Waals surface area contributed by atoms with E-state index >= 15 is 0 Å². The predicted molar refractivity (Wildman–Crippen MR) is 69.2 cm³/mol. The number of rotatable bonds is 2. The van der Waals surface area contributed by atoms with E-state index in [4.69, 9.17) is 0 Å². The van der Waals surface area contributed by atoms with Gasteiger partial charge in [0.1, 0.15) is 18.0 Å². The normalized spacial score (nSPS) is 10.5. The molecule has 18 heavy (non-hydrogen) atoms. The van der Waals surface area contributed by atoms with Crippen molar-refractivity contribution in [2.24, 2.45) is 0 Å². The van der Waals surface area contributed by atoms with Crippen LogP contribution in [0.25, 0.3) is 10.9 Å². The van der Waals surface area contributed by atoms with Crippen LogP contribution in [0.15, 0.2) is 54.9 Å². The summed E-state index contributed by atoms with van der Waals surface area (Å²) < 4.78 is 13.1. The maximum absolute atomic E-state index is 13.1. The first kappa shape index (κ1) is 10.7.